The lowest BCUT2D eigenvalue weighted by Crippen LogP contribution is -2.23. The molecule has 1 saturated carbocycles. The molecule has 3 heterocycles. The van der Waals surface area contributed by atoms with Crippen molar-refractivity contribution in [2.75, 3.05) is 16.0 Å². The van der Waals surface area contributed by atoms with Crippen LogP contribution < -0.4 is 16.0 Å². The van der Waals surface area contributed by atoms with Crippen LogP contribution in [0.5, 0.6) is 0 Å². The maximum absolute atomic E-state index is 11.9. The number of carbonyl (C=O) groups is 3. The van der Waals surface area contributed by atoms with E-state index in [1.165, 1.54) is 20.8 Å². The standard InChI is InChI=1S/C33H42N6O3/c1-7-22-10-28(37-31(13-22)34-19(4)40)25-16-26(29-11-23(8-2)14-32(38-29)35-20(5)41)18-27(17-25)30-12-24(9-3)15-33(39-30)36-21(6)42/h10-15,25-27H,7-9,16-18H2,1-6H3,(H,34,37,40)(H,35,38,41)(H,36,39,42). The summed E-state index contributed by atoms with van der Waals surface area (Å²) >= 11 is 0. The van der Waals surface area contributed by atoms with Gasteiger partial charge in [0.1, 0.15) is 17.5 Å². The van der Waals surface area contributed by atoms with Crippen LogP contribution in [0.2, 0.25) is 0 Å². The van der Waals surface area contributed by atoms with Crippen molar-refractivity contribution < 1.29 is 14.4 Å². The zero-order chi connectivity index (χ0) is 30.4. The van der Waals surface area contributed by atoms with Crippen molar-refractivity contribution in [2.24, 2.45) is 0 Å². The van der Waals surface area contributed by atoms with Crippen LogP contribution in [0.3, 0.4) is 0 Å². The zero-order valence-electron chi connectivity index (χ0n) is 25.5. The van der Waals surface area contributed by atoms with E-state index >= 15 is 0 Å². The molecule has 0 saturated heterocycles. The third-order valence-electron chi connectivity index (χ3n) is 7.81. The van der Waals surface area contributed by atoms with Crippen LogP contribution in [0.4, 0.5) is 17.5 Å². The number of nitrogens with one attached hydrogen (secondary N) is 3. The van der Waals surface area contributed by atoms with Gasteiger partial charge in [-0.1, -0.05) is 20.8 Å². The highest BCUT2D eigenvalue weighted by Gasteiger charge is 2.34. The fraction of sp³-hybridized carbons (Fsp3) is 0.455. The Labute approximate surface area is 248 Å². The van der Waals surface area contributed by atoms with Gasteiger partial charge >= 0.3 is 0 Å². The lowest BCUT2D eigenvalue weighted by molar-refractivity contribution is -0.115. The SMILES string of the molecule is CCc1cc(NC(C)=O)nc(C2CC(c3cc(CC)cc(NC(C)=O)n3)CC(c3cc(CC)cc(NC(C)=O)n3)C2)c1. The van der Waals surface area contributed by atoms with Gasteiger partial charge in [0.25, 0.3) is 0 Å². The third-order valence-corrected chi connectivity index (χ3v) is 7.81. The second-order valence-electron chi connectivity index (χ2n) is 11.3. The minimum Gasteiger partial charge on any atom is -0.311 e. The molecule has 0 aromatic carbocycles. The first-order valence-corrected chi connectivity index (χ1v) is 14.9. The number of aryl methyl sites for hydroxylation is 3. The van der Waals surface area contributed by atoms with Crippen molar-refractivity contribution in [3.63, 3.8) is 0 Å². The zero-order valence-corrected chi connectivity index (χ0v) is 25.5. The Bertz CT molecular complexity index is 1290. The summed E-state index contributed by atoms with van der Waals surface area (Å²) in [4.78, 5) is 50.3. The van der Waals surface area contributed by atoms with Crippen molar-refractivity contribution in [2.45, 2.75) is 97.8 Å². The predicted molar refractivity (Wildman–Crippen MR) is 166 cm³/mol. The van der Waals surface area contributed by atoms with Crippen molar-refractivity contribution in [1.82, 2.24) is 15.0 Å². The highest BCUT2D eigenvalue weighted by Crippen LogP contribution is 2.47. The van der Waals surface area contributed by atoms with Crippen molar-refractivity contribution in [3.05, 3.63) is 70.2 Å². The Hall–Kier alpha value is -4.14. The highest BCUT2D eigenvalue weighted by molar-refractivity contribution is 5.88. The van der Waals surface area contributed by atoms with E-state index in [0.717, 1.165) is 72.3 Å². The van der Waals surface area contributed by atoms with E-state index in [0.29, 0.717) is 17.5 Å². The summed E-state index contributed by atoms with van der Waals surface area (Å²) in [6.45, 7) is 10.8. The van der Waals surface area contributed by atoms with E-state index in [1.807, 2.05) is 18.2 Å². The number of anilines is 3. The summed E-state index contributed by atoms with van der Waals surface area (Å²) in [5.41, 5.74) is 6.15. The summed E-state index contributed by atoms with van der Waals surface area (Å²) in [7, 11) is 0. The van der Waals surface area contributed by atoms with Crippen LogP contribution >= 0.6 is 0 Å². The second kappa shape index (κ2) is 13.7. The van der Waals surface area contributed by atoms with E-state index in [-0.39, 0.29) is 35.5 Å². The van der Waals surface area contributed by atoms with Gasteiger partial charge in [0.2, 0.25) is 17.7 Å². The topological polar surface area (TPSA) is 126 Å². The molecule has 1 aliphatic rings. The number of aromatic nitrogens is 3. The fourth-order valence-electron chi connectivity index (χ4n) is 5.85. The second-order valence-corrected chi connectivity index (χ2v) is 11.3. The summed E-state index contributed by atoms with van der Waals surface area (Å²) in [5, 5.41) is 8.61. The molecule has 1 aliphatic carbocycles. The summed E-state index contributed by atoms with van der Waals surface area (Å²) < 4.78 is 0. The van der Waals surface area contributed by atoms with Crippen LogP contribution in [0.15, 0.2) is 36.4 Å². The molecule has 9 heteroatoms. The van der Waals surface area contributed by atoms with E-state index in [9.17, 15) is 14.4 Å². The molecule has 3 amide bonds. The largest absolute Gasteiger partial charge is 0.311 e. The molecule has 3 aromatic rings. The fourth-order valence-corrected chi connectivity index (χ4v) is 5.85. The van der Waals surface area contributed by atoms with Gasteiger partial charge in [-0.25, -0.2) is 15.0 Å². The molecule has 1 fully saturated rings. The number of hydrogen-bond donors (Lipinski definition) is 3. The summed E-state index contributed by atoms with van der Waals surface area (Å²) in [6.07, 6.45) is 4.93. The van der Waals surface area contributed by atoms with Gasteiger partial charge in [0.05, 0.1) is 0 Å². The number of pyridine rings is 3. The van der Waals surface area contributed by atoms with Crippen molar-refractivity contribution >= 4 is 35.2 Å². The van der Waals surface area contributed by atoms with Gasteiger partial charge < -0.3 is 16.0 Å². The van der Waals surface area contributed by atoms with Crippen LogP contribution in [-0.2, 0) is 33.6 Å². The first-order valence-electron chi connectivity index (χ1n) is 14.9. The Morgan fingerprint density at radius 2 is 0.810 bits per heavy atom. The third kappa shape index (κ3) is 7.99. The van der Waals surface area contributed by atoms with Crippen molar-refractivity contribution in [3.8, 4) is 0 Å². The molecule has 0 spiro atoms. The van der Waals surface area contributed by atoms with Gasteiger partial charge in [-0.05, 0) is 91.6 Å². The number of rotatable bonds is 9. The van der Waals surface area contributed by atoms with Crippen LogP contribution in [0.25, 0.3) is 0 Å². The number of amides is 3. The molecule has 3 aromatic heterocycles. The molecular formula is C33H42N6O3. The van der Waals surface area contributed by atoms with E-state index in [4.69, 9.17) is 15.0 Å². The van der Waals surface area contributed by atoms with Gasteiger partial charge in [-0.15, -0.1) is 0 Å². The maximum atomic E-state index is 11.9. The Morgan fingerprint density at radius 3 is 1.02 bits per heavy atom. The van der Waals surface area contributed by atoms with E-state index in [1.54, 1.807) is 0 Å². The molecule has 0 aliphatic heterocycles. The molecule has 0 bridgehead atoms. The van der Waals surface area contributed by atoms with Gasteiger partial charge in [-0.2, -0.15) is 0 Å². The smallest absolute Gasteiger partial charge is 0.222 e. The Balaban J connectivity index is 1.81. The van der Waals surface area contributed by atoms with E-state index < -0.39 is 0 Å². The monoisotopic (exact) mass is 570 g/mol. The van der Waals surface area contributed by atoms with Crippen LogP contribution in [0, 0.1) is 0 Å². The molecule has 222 valence electrons. The lowest BCUT2D eigenvalue weighted by atomic mass is 9.71. The molecule has 42 heavy (non-hydrogen) atoms. The number of hydrogen-bond acceptors (Lipinski definition) is 6. The van der Waals surface area contributed by atoms with Gasteiger partial charge in [0, 0.05) is 55.6 Å². The molecule has 9 nitrogen and oxygen atoms in total. The molecule has 0 unspecified atom stereocenters. The molecule has 3 N–H and O–H groups in total. The minimum absolute atomic E-state index is 0.0837. The minimum atomic E-state index is -0.154. The first kappa shape index (κ1) is 30.8. The quantitative estimate of drug-likeness (QED) is 0.278. The summed E-state index contributed by atoms with van der Waals surface area (Å²) in [6, 6.07) is 12.2. The Morgan fingerprint density at radius 1 is 0.548 bits per heavy atom. The molecule has 4 rings (SSSR count). The molecule has 0 radical (unpaired) electrons. The van der Waals surface area contributed by atoms with Crippen LogP contribution in [-0.4, -0.2) is 32.7 Å². The van der Waals surface area contributed by atoms with E-state index in [2.05, 4.69) is 54.9 Å². The maximum Gasteiger partial charge on any atom is 0.222 e. The number of nitrogens with zero attached hydrogens (tertiary/aromatic N) is 3. The van der Waals surface area contributed by atoms with Gasteiger partial charge in [-0.3, -0.25) is 14.4 Å². The predicted octanol–water partition coefficient (Wildman–Crippen LogP) is 6.27. The molecule has 0 atom stereocenters. The Kier molecular flexibility index (Phi) is 10.0. The average Bonchev–Trinajstić information content (AvgIpc) is 2.95. The van der Waals surface area contributed by atoms with Crippen molar-refractivity contribution in [1.29, 1.82) is 0 Å². The highest BCUT2D eigenvalue weighted by atomic mass is 16.2. The normalized spacial score (nSPS) is 18.3. The van der Waals surface area contributed by atoms with Gasteiger partial charge in [0.15, 0.2) is 0 Å². The summed E-state index contributed by atoms with van der Waals surface area (Å²) in [5.74, 6) is 1.48. The number of carbonyl (C=O) groups excluding carboxylic acids is 3. The average molecular weight is 571 g/mol. The van der Waals surface area contributed by atoms with Crippen LogP contribution in [0.1, 0.15) is 112 Å². The first-order chi connectivity index (χ1) is 20.1. The lowest BCUT2D eigenvalue weighted by Gasteiger charge is -2.35. The molecular weight excluding hydrogens is 528 g/mol.